The molecule has 0 saturated heterocycles. The Kier molecular flexibility index (Phi) is 4.96. The first kappa shape index (κ1) is 19.3. The molecule has 0 aliphatic carbocycles. The van der Waals surface area contributed by atoms with Gasteiger partial charge in [0.05, 0.1) is 0 Å². The molecule has 2 aromatic carbocycles. The van der Waals surface area contributed by atoms with Gasteiger partial charge < -0.3 is 0 Å². The fourth-order valence-electron chi connectivity index (χ4n) is 4.10. The van der Waals surface area contributed by atoms with Crippen LogP contribution in [0.5, 0.6) is 0 Å². The zero-order chi connectivity index (χ0) is 20.7. The third kappa shape index (κ3) is 3.55. The van der Waals surface area contributed by atoms with Gasteiger partial charge in [-0.2, -0.15) is 0 Å². The smallest absolute Gasteiger partial charge is 0.213 e. The summed E-state index contributed by atoms with van der Waals surface area (Å²) in [5.74, 6) is 0.440. The number of aryl methyl sites for hydroxylation is 3. The molecule has 0 N–H and O–H groups in total. The van der Waals surface area contributed by atoms with Gasteiger partial charge in [-0.05, 0) is 61.6 Å². The van der Waals surface area contributed by atoms with Crippen LogP contribution in [0.2, 0.25) is 0 Å². The molecule has 146 valence electrons. The van der Waals surface area contributed by atoms with E-state index in [9.17, 15) is 0 Å². The van der Waals surface area contributed by atoms with E-state index in [1.807, 2.05) is 6.20 Å². The minimum Gasteiger partial charge on any atom is -0.260 e. The van der Waals surface area contributed by atoms with Gasteiger partial charge in [0.25, 0.3) is 0 Å². The van der Waals surface area contributed by atoms with Crippen molar-refractivity contribution < 1.29 is 4.57 Å². The summed E-state index contributed by atoms with van der Waals surface area (Å²) in [6, 6.07) is 17.8. The van der Waals surface area contributed by atoms with Gasteiger partial charge >= 0.3 is 0 Å². The Bertz CT molecular complexity index is 1200. The maximum absolute atomic E-state index is 4.69. The average Bonchev–Trinajstić information content (AvgIpc) is 2.70. The van der Waals surface area contributed by atoms with Crippen LogP contribution in [-0.2, 0) is 7.05 Å². The molecule has 2 nitrogen and oxygen atoms in total. The predicted octanol–water partition coefficient (Wildman–Crippen LogP) is 6.44. The average molecular weight is 382 g/mol. The highest BCUT2D eigenvalue weighted by Gasteiger charge is 2.17. The first-order valence-corrected chi connectivity index (χ1v) is 10.3. The number of fused-ring (bicyclic) bond motifs is 1. The summed E-state index contributed by atoms with van der Waals surface area (Å²) in [6.45, 7) is 10.9. The van der Waals surface area contributed by atoms with E-state index in [0.717, 1.165) is 11.3 Å². The van der Waals surface area contributed by atoms with Gasteiger partial charge in [0, 0.05) is 39.9 Å². The zero-order valence-electron chi connectivity index (χ0n) is 18.2. The zero-order valence-corrected chi connectivity index (χ0v) is 18.2. The molecule has 0 aliphatic heterocycles. The van der Waals surface area contributed by atoms with E-state index in [0.29, 0.717) is 5.92 Å². The van der Waals surface area contributed by atoms with Crippen molar-refractivity contribution in [2.45, 2.75) is 40.5 Å². The van der Waals surface area contributed by atoms with E-state index in [-0.39, 0.29) is 0 Å². The van der Waals surface area contributed by atoms with Crippen molar-refractivity contribution in [3.8, 4) is 22.4 Å². The van der Waals surface area contributed by atoms with Crippen LogP contribution in [0.4, 0.5) is 0 Å². The van der Waals surface area contributed by atoms with Gasteiger partial charge in [0.1, 0.15) is 7.05 Å². The van der Waals surface area contributed by atoms with Gasteiger partial charge in [-0.15, -0.1) is 0 Å². The number of nitrogens with zero attached hydrogens (tertiary/aromatic N) is 2. The Hall–Kier alpha value is -3.00. The van der Waals surface area contributed by atoms with Gasteiger partial charge in [0.2, 0.25) is 5.69 Å². The summed E-state index contributed by atoms with van der Waals surface area (Å²) in [6.07, 6.45) is 4.25. The van der Waals surface area contributed by atoms with Gasteiger partial charge in [-0.1, -0.05) is 43.7 Å². The molecule has 0 saturated carbocycles. The quantitative estimate of drug-likeness (QED) is 0.373. The fraction of sp³-hybridized carbons (Fsp3) is 0.259. The Morgan fingerprint density at radius 3 is 2.38 bits per heavy atom. The van der Waals surface area contributed by atoms with E-state index in [1.54, 1.807) is 0 Å². The van der Waals surface area contributed by atoms with Crippen molar-refractivity contribution in [2.75, 3.05) is 0 Å². The molecule has 0 amide bonds. The molecule has 4 rings (SSSR count). The fourth-order valence-corrected chi connectivity index (χ4v) is 4.10. The van der Waals surface area contributed by atoms with Crippen molar-refractivity contribution in [1.29, 1.82) is 0 Å². The molecule has 2 heterocycles. The van der Waals surface area contributed by atoms with Crippen LogP contribution >= 0.6 is 0 Å². The third-order valence-corrected chi connectivity index (χ3v) is 5.91. The van der Waals surface area contributed by atoms with Crippen molar-refractivity contribution in [3.63, 3.8) is 0 Å². The molecule has 0 fully saturated rings. The largest absolute Gasteiger partial charge is 0.260 e. The molecule has 2 heteroatoms. The summed E-state index contributed by atoms with van der Waals surface area (Å²) in [7, 11) is 2.14. The molecular weight excluding hydrogens is 352 g/mol. The number of pyridine rings is 2. The molecule has 0 atom stereocenters. The Balaban J connectivity index is 1.94. The Morgan fingerprint density at radius 2 is 1.69 bits per heavy atom. The number of aromatic nitrogens is 2. The minimum atomic E-state index is 0.440. The van der Waals surface area contributed by atoms with Crippen LogP contribution in [0.15, 0.2) is 60.9 Å². The summed E-state index contributed by atoms with van der Waals surface area (Å²) in [5, 5.41) is 2.50. The molecule has 0 bridgehead atoms. The maximum atomic E-state index is 4.69. The van der Waals surface area contributed by atoms with Crippen LogP contribution in [0.3, 0.4) is 0 Å². The van der Waals surface area contributed by atoms with Crippen LogP contribution < -0.4 is 4.57 Å². The van der Waals surface area contributed by atoms with E-state index >= 15 is 0 Å². The number of hydrogen-bond acceptors (Lipinski definition) is 1. The molecular formula is C27H29N2+. The second-order valence-electron chi connectivity index (χ2n) is 8.46. The summed E-state index contributed by atoms with van der Waals surface area (Å²) in [4.78, 5) is 4.69. The first-order valence-electron chi connectivity index (χ1n) is 10.3. The van der Waals surface area contributed by atoms with Crippen molar-refractivity contribution >= 4 is 10.8 Å². The normalized spacial score (nSPS) is 11.4. The van der Waals surface area contributed by atoms with Crippen LogP contribution in [0.1, 0.15) is 42.1 Å². The van der Waals surface area contributed by atoms with Crippen LogP contribution in [0.25, 0.3) is 33.2 Å². The molecule has 0 spiro atoms. The molecule has 29 heavy (non-hydrogen) atoms. The molecule has 4 aromatic rings. The Morgan fingerprint density at radius 1 is 0.897 bits per heavy atom. The summed E-state index contributed by atoms with van der Waals surface area (Å²) < 4.78 is 2.24. The van der Waals surface area contributed by atoms with Crippen molar-refractivity contribution in [1.82, 2.24) is 4.98 Å². The lowest BCUT2D eigenvalue weighted by Gasteiger charge is -2.12. The summed E-state index contributed by atoms with van der Waals surface area (Å²) >= 11 is 0. The highest BCUT2D eigenvalue weighted by atomic mass is 14.9. The van der Waals surface area contributed by atoms with E-state index < -0.39 is 0 Å². The lowest BCUT2D eigenvalue weighted by atomic mass is 9.94. The topological polar surface area (TPSA) is 16.8 Å². The molecule has 0 radical (unpaired) electrons. The number of rotatable bonds is 3. The van der Waals surface area contributed by atoms with Crippen LogP contribution in [-0.4, -0.2) is 4.98 Å². The Labute approximate surface area is 173 Å². The highest BCUT2D eigenvalue weighted by molar-refractivity contribution is 5.97. The first-order chi connectivity index (χ1) is 13.8. The van der Waals surface area contributed by atoms with Crippen molar-refractivity contribution in [3.05, 3.63) is 83.3 Å². The molecule has 0 unspecified atom stereocenters. The van der Waals surface area contributed by atoms with Gasteiger partial charge in [-0.3, -0.25) is 4.98 Å². The predicted molar refractivity (Wildman–Crippen MR) is 122 cm³/mol. The standard InChI is InChI=1S/C27H29N2/c1-17(2)26-11-10-21(15-28-26)23-9-7-8-22-16-29(6)27(14-25(22)23)24-13-18(3)12-19(4)20(24)5/h7-17H,1-6H3/q+1. The third-order valence-electron chi connectivity index (χ3n) is 5.91. The summed E-state index contributed by atoms with van der Waals surface area (Å²) in [5.41, 5.74) is 10.0. The lowest BCUT2D eigenvalue weighted by Crippen LogP contribution is -2.30. The van der Waals surface area contributed by atoms with E-state index in [4.69, 9.17) is 4.98 Å². The van der Waals surface area contributed by atoms with Gasteiger partial charge in [0.15, 0.2) is 6.20 Å². The van der Waals surface area contributed by atoms with E-state index in [1.165, 1.54) is 44.3 Å². The monoisotopic (exact) mass is 381 g/mol. The van der Waals surface area contributed by atoms with Gasteiger partial charge in [-0.25, -0.2) is 4.57 Å². The highest BCUT2D eigenvalue weighted by Crippen LogP contribution is 2.32. The maximum Gasteiger partial charge on any atom is 0.213 e. The molecule has 2 aromatic heterocycles. The lowest BCUT2D eigenvalue weighted by molar-refractivity contribution is -0.659. The van der Waals surface area contributed by atoms with E-state index in [2.05, 4.69) is 101 Å². The van der Waals surface area contributed by atoms with Crippen molar-refractivity contribution in [2.24, 2.45) is 7.05 Å². The number of hydrogen-bond donors (Lipinski definition) is 0. The SMILES string of the molecule is Cc1cc(C)c(C)c(-c2cc3c(-c4ccc(C(C)C)nc4)cccc3c[n+]2C)c1. The second-order valence-corrected chi connectivity index (χ2v) is 8.46. The number of benzene rings is 2. The molecule has 0 aliphatic rings. The second kappa shape index (κ2) is 7.44. The minimum absolute atomic E-state index is 0.440. The van der Waals surface area contributed by atoms with Crippen LogP contribution in [0, 0.1) is 20.8 Å².